The molecule has 0 aliphatic rings. The van der Waals surface area contributed by atoms with E-state index in [9.17, 15) is 17.6 Å². The van der Waals surface area contributed by atoms with Crippen molar-refractivity contribution in [1.29, 1.82) is 0 Å². The SMILES string of the molecule is CNc1nc(CC(F)(F)F)nc(C)c1F. The van der Waals surface area contributed by atoms with E-state index >= 15 is 0 Å². The summed E-state index contributed by atoms with van der Waals surface area (Å²) in [5.41, 5.74) is -0.103. The second-order valence-corrected chi connectivity index (χ2v) is 2.93. The maximum atomic E-state index is 13.1. The highest BCUT2D eigenvalue weighted by atomic mass is 19.4. The van der Waals surface area contributed by atoms with E-state index in [0.29, 0.717) is 0 Å². The van der Waals surface area contributed by atoms with Crippen molar-refractivity contribution >= 4 is 5.82 Å². The van der Waals surface area contributed by atoms with Gasteiger partial charge in [-0.3, -0.25) is 0 Å². The van der Waals surface area contributed by atoms with E-state index < -0.39 is 24.2 Å². The van der Waals surface area contributed by atoms with Gasteiger partial charge >= 0.3 is 6.18 Å². The third-order valence-electron chi connectivity index (χ3n) is 1.66. The molecule has 1 rings (SSSR count). The molecule has 0 aliphatic carbocycles. The molecule has 1 aromatic rings. The first-order valence-corrected chi connectivity index (χ1v) is 4.11. The number of alkyl halides is 3. The van der Waals surface area contributed by atoms with Gasteiger partial charge in [-0.2, -0.15) is 13.2 Å². The van der Waals surface area contributed by atoms with Crippen molar-refractivity contribution in [2.75, 3.05) is 12.4 Å². The van der Waals surface area contributed by atoms with E-state index in [0.717, 1.165) is 0 Å². The average Bonchev–Trinajstić information content (AvgIpc) is 2.08. The van der Waals surface area contributed by atoms with Gasteiger partial charge in [-0.05, 0) is 6.92 Å². The van der Waals surface area contributed by atoms with Crippen LogP contribution in [0.4, 0.5) is 23.4 Å². The molecule has 7 heteroatoms. The zero-order chi connectivity index (χ0) is 11.6. The van der Waals surface area contributed by atoms with Crippen LogP contribution in [0.1, 0.15) is 11.5 Å². The summed E-state index contributed by atoms with van der Waals surface area (Å²) < 4.78 is 49.2. The van der Waals surface area contributed by atoms with Crippen LogP contribution in [0.5, 0.6) is 0 Å². The smallest absolute Gasteiger partial charge is 0.371 e. The molecule has 1 heterocycles. The van der Waals surface area contributed by atoms with Gasteiger partial charge in [0.15, 0.2) is 11.6 Å². The minimum absolute atomic E-state index is 0.103. The summed E-state index contributed by atoms with van der Waals surface area (Å²) in [5, 5.41) is 2.37. The molecule has 0 radical (unpaired) electrons. The van der Waals surface area contributed by atoms with Gasteiger partial charge in [-0.25, -0.2) is 14.4 Å². The molecule has 1 aromatic heterocycles. The Morgan fingerprint density at radius 2 is 1.87 bits per heavy atom. The summed E-state index contributed by atoms with van der Waals surface area (Å²) in [5.74, 6) is -1.39. The van der Waals surface area contributed by atoms with E-state index in [1.54, 1.807) is 0 Å². The third-order valence-corrected chi connectivity index (χ3v) is 1.66. The lowest BCUT2D eigenvalue weighted by molar-refractivity contribution is -0.128. The highest BCUT2D eigenvalue weighted by Crippen LogP contribution is 2.21. The number of anilines is 1. The zero-order valence-electron chi connectivity index (χ0n) is 8.11. The van der Waals surface area contributed by atoms with Crippen LogP contribution in [0.2, 0.25) is 0 Å². The monoisotopic (exact) mass is 223 g/mol. The minimum atomic E-state index is -4.39. The van der Waals surface area contributed by atoms with Crippen LogP contribution in [0, 0.1) is 12.7 Å². The molecule has 0 unspecified atom stereocenters. The van der Waals surface area contributed by atoms with E-state index in [2.05, 4.69) is 15.3 Å². The maximum Gasteiger partial charge on any atom is 0.396 e. The van der Waals surface area contributed by atoms with Gasteiger partial charge in [0.2, 0.25) is 0 Å². The summed E-state index contributed by atoms with van der Waals surface area (Å²) in [6.07, 6.45) is -5.65. The van der Waals surface area contributed by atoms with Crippen LogP contribution in [0.3, 0.4) is 0 Å². The van der Waals surface area contributed by atoms with Crippen LogP contribution in [-0.2, 0) is 6.42 Å². The second kappa shape index (κ2) is 4.00. The molecule has 0 saturated carbocycles. The van der Waals surface area contributed by atoms with Gasteiger partial charge in [0.1, 0.15) is 12.2 Å². The molecule has 0 spiro atoms. The number of hydrogen-bond acceptors (Lipinski definition) is 3. The molecule has 0 bridgehead atoms. The van der Waals surface area contributed by atoms with Crippen molar-refractivity contribution in [3.63, 3.8) is 0 Å². The largest absolute Gasteiger partial charge is 0.396 e. The fraction of sp³-hybridized carbons (Fsp3) is 0.500. The molecule has 84 valence electrons. The summed E-state index contributed by atoms with van der Waals surface area (Å²) in [7, 11) is 1.38. The molecule has 15 heavy (non-hydrogen) atoms. The van der Waals surface area contributed by atoms with Crippen LogP contribution in [0.15, 0.2) is 0 Å². The molecule has 0 aliphatic heterocycles. The number of rotatable bonds is 2. The molecule has 3 nitrogen and oxygen atoms in total. The first kappa shape index (κ1) is 11.7. The van der Waals surface area contributed by atoms with Gasteiger partial charge in [0, 0.05) is 7.05 Å². The van der Waals surface area contributed by atoms with Gasteiger partial charge < -0.3 is 5.32 Å². The summed E-state index contributed by atoms with van der Waals surface area (Å²) in [4.78, 5) is 6.84. The molecular formula is C8H9F4N3. The van der Waals surface area contributed by atoms with Crippen molar-refractivity contribution in [2.45, 2.75) is 19.5 Å². The standard InChI is InChI=1S/C8H9F4N3/c1-4-6(9)7(13-2)15-5(14-4)3-8(10,11)12/h3H2,1-2H3,(H,13,14,15). The molecule has 0 fully saturated rings. The van der Waals surface area contributed by atoms with Crippen molar-refractivity contribution in [3.05, 3.63) is 17.3 Å². The Kier molecular flexibility index (Phi) is 3.11. The lowest BCUT2D eigenvalue weighted by Gasteiger charge is -2.08. The maximum absolute atomic E-state index is 13.1. The number of nitrogens with zero attached hydrogens (tertiary/aromatic N) is 2. The lowest BCUT2D eigenvalue weighted by Crippen LogP contribution is -2.16. The molecule has 0 atom stereocenters. The molecule has 1 N–H and O–H groups in total. The quantitative estimate of drug-likeness (QED) is 0.780. The van der Waals surface area contributed by atoms with Crippen LogP contribution in [-0.4, -0.2) is 23.2 Å². The number of aryl methyl sites for hydroxylation is 1. The minimum Gasteiger partial charge on any atom is -0.371 e. The zero-order valence-corrected chi connectivity index (χ0v) is 8.11. The average molecular weight is 223 g/mol. The fourth-order valence-corrected chi connectivity index (χ4v) is 1.04. The Morgan fingerprint density at radius 1 is 1.27 bits per heavy atom. The number of nitrogens with one attached hydrogen (secondary N) is 1. The number of aromatic nitrogens is 2. The number of halogens is 4. The van der Waals surface area contributed by atoms with Crippen molar-refractivity contribution < 1.29 is 17.6 Å². The highest BCUT2D eigenvalue weighted by molar-refractivity contribution is 5.37. The Hall–Kier alpha value is -1.40. The Balaban J connectivity index is 3.06. The summed E-state index contributed by atoms with van der Waals surface area (Å²) in [6, 6.07) is 0. The first-order valence-electron chi connectivity index (χ1n) is 4.11. The van der Waals surface area contributed by atoms with E-state index in [1.807, 2.05) is 0 Å². The van der Waals surface area contributed by atoms with Gasteiger partial charge in [0.05, 0.1) is 5.69 Å². The summed E-state index contributed by atoms with van der Waals surface area (Å²) >= 11 is 0. The van der Waals surface area contributed by atoms with Gasteiger partial charge in [-0.1, -0.05) is 0 Å². The van der Waals surface area contributed by atoms with Crippen LogP contribution >= 0.6 is 0 Å². The highest BCUT2D eigenvalue weighted by Gasteiger charge is 2.30. The topological polar surface area (TPSA) is 37.8 Å². The van der Waals surface area contributed by atoms with Crippen molar-refractivity contribution in [1.82, 2.24) is 9.97 Å². The Labute approximate surface area is 83.5 Å². The molecule has 0 aromatic carbocycles. The van der Waals surface area contributed by atoms with Crippen LogP contribution in [0.25, 0.3) is 0 Å². The Bertz CT molecular complexity index is 362. The predicted octanol–water partition coefficient (Wildman–Crippen LogP) is 2.07. The molecule has 0 saturated heterocycles. The van der Waals surface area contributed by atoms with E-state index in [-0.39, 0.29) is 11.5 Å². The second-order valence-electron chi connectivity index (χ2n) is 2.93. The lowest BCUT2D eigenvalue weighted by atomic mass is 10.3. The fourth-order valence-electron chi connectivity index (χ4n) is 1.04. The number of hydrogen-bond donors (Lipinski definition) is 1. The van der Waals surface area contributed by atoms with Crippen molar-refractivity contribution in [2.24, 2.45) is 0 Å². The normalized spacial score (nSPS) is 11.6. The Morgan fingerprint density at radius 3 is 2.33 bits per heavy atom. The van der Waals surface area contributed by atoms with Gasteiger partial charge in [0.25, 0.3) is 0 Å². The predicted molar refractivity (Wildman–Crippen MR) is 46.0 cm³/mol. The summed E-state index contributed by atoms with van der Waals surface area (Å²) in [6.45, 7) is 1.29. The van der Waals surface area contributed by atoms with E-state index in [1.165, 1.54) is 14.0 Å². The van der Waals surface area contributed by atoms with Gasteiger partial charge in [-0.15, -0.1) is 0 Å². The molecular weight excluding hydrogens is 214 g/mol. The first-order chi connectivity index (χ1) is 6.83. The van der Waals surface area contributed by atoms with Crippen molar-refractivity contribution in [3.8, 4) is 0 Å². The van der Waals surface area contributed by atoms with Crippen LogP contribution < -0.4 is 5.32 Å². The van der Waals surface area contributed by atoms with E-state index in [4.69, 9.17) is 0 Å². The third kappa shape index (κ3) is 3.03. The molecule has 0 amide bonds.